The molecular formula is C17H15ClN2O6. The number of hydrogen-bond donors (Lipinski definition) is 1. The molecule has 0 unspecified atom stereocenters. The van der Waals surface area contributed by atoms with Crippen LogP contribution in [0, 0.1) is 24.0 Å². The number of hydrogen-bond acceptors (Lipinski definition) is 6. The molecule has 0 fully saturated rings. The van der Waals surface area contributed by atoms with Crippen molar-refractivity contribution >= 4 is 34.8 Å². The second kappa shape index (κ2) is 7.49. The van der Waals surface area contributed by atoms with Crippen LogP contribution in [0.15, 0.2) is 18.2 Å². The van der Waals surface area contributed by atoms with Gasteiger partial charge < -0.3 is 9.72 Å². The van der Waals surface area contributed by atoms with Crippen LogP contribution in [0.1, 0.15) is 49.4 Å². The summed E-state index contributed by atoms with van der Waals surface area (Å²) in [5, 5.41) is 10.7. The third-order valence-corrected chi connectivity index (χ3v) is 4.10. The predicted octanol–water partition coefficient (Wildman–Crippen LogP) is 3.44. The van der Waals surface area contributed by atoms with Crippen LogP contribution >= 0.6 is 11.6 Å². The molecule has 0 bridgehead atoms. The number of ketones is 2. The van der Waals surface area contributed by atoms with E-state index in [0.717, 1.165) is 6.07 Å². The Morgan fingerprint density at radius 2 is 1.92 bits per heavy atom. The van der Waals surface area contributed by atoms with Crippen molar-refractivity contribution in [1.29, 1.82) is 0 Å². The summed E-state index contributed by atoms with van der Waals surface area (Å²) in [6.07, 6.45) is 0. The number of esters is 1. The minimum atomic E-state index is -0.897. The molecule has 1 aromatic heterocycles. The van der Waals surface area contributed by atoms with Gasteiger partial charge >= 0.3 is 5.97 Å². The number of nitrogens with zero attached hydrogens (tertiary/aromatic N) is 1. The molecule has 0 atom stereocenters. The number of aromatic nitrogens is 1. The number of Topliss-reactive ketones (excluding diaryl/α,β-unsaturated/α-hetero) is 2. The van der Waals surface area contributed by atoms with E-state index in [2.05, 4.69) is 4.98 Å². The van der Waals surface area contributed by atoms with Crippen LogP contribution in [-0.4, -0.2) is 34.0 Å². The van der Waals surface area contributed by atoms with Crippen LogP contribution in [-0.2, 0) is 4.74 Å². The van der Waals surface area contributed by atoms with Crippen molar-refractivity contribution in [3.8, 4) is 0 Å². The summed E-state index contributed by atoms with van der Waals surface area (Å²) in [7, 11) is 0. The molecule has 136 valence electrons. The minimum absolute atomic E-state index is 0.0993. The van der Waals surface area contributed by atoms with Gasteiger partial charge in [0.05, 0.1) is 16.2 Å². The SMILES string of the molecule is CC(=O)c1c(C)[nH]c(C(=O)COC(=O)c2ccc(Cl)c([N+](=O)[O-])c2)c1C. The number of halogens is 1. The van der Waals surface area contributed by atoms with Gasteiger partial charge in [0.2, 0.25) is 5.78 Å². The van der Waals surface area contributed by atoms with Gasteiger partial charge in [0.1, 0.15) is 5.02 Å². The highest BCUT2D eigenvalue weighted by Gasteiger charge is 2.22. The normalized spacial score (nSPS) is 10.5. The fraction of sp³-hybridized carbons (Fsp3) is 0.235. The van der Waals surface area contributed by atoms with Gasteiger partial charge in [-0.15, -0.1) is 0 Å². The maximum Gasteiger partial charge on any atom is 0.338 e. The Balaban J connectivity index is 2.14. The number of aryl methyl sites for hydroxylation is 1. The lowest BCUT2D eigenvalue weighted by Gasteiger charge is -2.05. The number of nitrogens with one attached hydrogen (secondary N) is 1. The van der Waals surface area contributed by atoms with Gasteiger partial charge in [-0.05, 0) is 38.5 Å². The molecule has 0 saturated heterocycles. The van der Waals surface area contributed by atoms with Crippen LogP contribution in [0.5, 0.6) is 0 Å². The van der Waals surface area contributed by atoms with E-state index >= 15 is 0 Å². The summed E-state index contributed by atoms with van der Waals surface area (Å²) in [4.78, 5) is 48.9. The molecule has 0 aliphatic carbocycles. The van der Waals surface area contributed by atoms with Crippen LogP contribution < -0.4 is 0 Å². The fourth-order valence-corrected chi connectivity index (χ4v) is 2.81. The minimum Gasteiger partial charge on any atom is -0.454 e. The summed E-state index contributed by atoms with van der Waals surface area (Å²) >= 11 is 5.68. The highest BCUT2D eigenvalue weighted by molar-refractivity contribution is 6.32. The first-order valence-electron chi connectivity index (χ1n) is 7.47. The zero-order valence-electron chi connectivity index (χ0n) is 14.2. The second-order valence-corrected chi connectivity index (χ2v) is 6.01. The number of ether oxygens (including phenoxy) is 1. The summed E-state index contributed by atoms with van der Waals surface area (Å²) in [6, 6.07) is 3.45. The number of H-pyrrole nitrogens is 1. The van der Waals surface area contributed by atoms with Gasteiger partial charge in [0.15, 0.2) is 12.4 Å². The second-order valence-electron chi connectivity index (χ2n) is 5.60. The van der Waals surface area contributed by atoms with Gasteiger partial charge in [0.25, 0.3) is 5.69 Å². The first kappa shape index (κ1) is 19.3. The lowest BCUT2D eigenvalue weighted by molar-refractivity contribution is -0.384. The van der Waals surface area contributed by atoms with E-state index in [-0.39, 0.29) is 22.1 Å². The number of benzene rings is 1. The van der Waals surface area contributed by atoms with Crippen molar-refractivity contribution in [1.82, 2.24) is 4.98 Å². The molecule has 8 nitrogen and oxygen atoms in total. The summed E-state index contributed by atoms with van der Waals surface area (Å²) in [6.45, 7) is 4.11. The maximum atomic E-state index is 12.3. The van der Waals surface area contributed by atoms with Crippen LogP contribution in [0.4, 0.5) is 5.69 Å². The molecular weight excluding hydrogens is 364 g/mol. The van der Waals surface area contributed by atoms with Crippen molar-refractivity contribution < 1.29 is 24.0 Å². The van der Waals surface area contributed by atoms with Crippen molar-refractivity contribution in [2.24, 2.45) is 0 Å². The number of carbonyl (C=O) groups excluding carboxylic acids is 3. The summed E-state index contributed by atoms with van der Waals surface area (Å²) in [5.74, 6) is -1.60. The standard InChI is InChI=1S/C17H15ClN2O6/c1-8-15(10(3)21)9(2)19-16(8)14(22)7-26-17(23)11-4-5-12(18)13(6-11)20(24)25/h4-6,19H,7H2,1-3H3. The molecule has 1 aromatic carbocycles. The van der Waals surface area contributed by atoms with Gasteiger partial charge in [-0.2, -0.15) is 0 Å². The number of nitro groups is 1. The first-order valence-corrected chi connectivity index (χ1v) is 7.85. The average molecular weight is 379 g/mol. The lowest BCUT2D eigenvalue weighted by Crippen LogP contribution is -2.15. The van der Waals surface area contributed by atoms with E-state index in [0.29, 0.717) is 16.8 Å². The Morgan fingerprint density at radius 1 is 1.27 bits per heavy atom. The Hall–Kier alpha value is -3.00. The predicted molar refractivity (Wildman–Crippen MR) is 93.0 cm³/mol. The molecule has 0 amide bonds. The van der Waals surface area contributed by atoms with E-state index in [1.165, 1.54) is 19.1 Å². The van der Waals surface area contributed by atoms with Gasteiger partial charge in [-0.25, -0.2) is 4.79 Å². The van der Waals surface area contributed by atoms with Crippen LogP contribution in [0.3, 0.4) is 0 Å². The smallest absolute Gasteiger partial charge is 0.338 e. The highest BCUT2D eigenvalue weighted by Crippen LogP contribution is 2.25. The number of carbonyl (C=O) groups is 3. The summed E-state index contributed by atoms with van der Waals surface area (Å²) in [5.41, 5.74) is 1.11. The number of nitro benzene ring substituents is 1. The van der Waals surface area contributed by atoms with Crippen molar-refractivity contribution in [2.75, 3.05) is 6.61 Å². The average Bonchev–Trinajstić information content (AvgIpc) is 2.87. The quantitative estimate of drug-likeness (QED) is 0.356. The third kappa shape index (κ3) is 3.80. The Morgan fingerprint density at radius 3 is 2.46 bits per heavy atom. The first-order chi connectivity index (χ1) is 12.1. The molecule has 1 N–H and O–H groups in total. The van der Waals surface area contributed by atoms with E-state index in [4.69, 9.17) is 16.3 Å². The van der Waals surface area contributed by atoms with E-state index in [9.17, 15) is 24.5 Å². The Labute approximate surface area is 153 Å². The molecule has 0 aliphatic rings. The molecule has 9 heteroatoms. The molecule has 0 saturated carbocycles. The Kier molecular flexibility index (Phi) is 5.56. The van der Waals surface area contributed by atoms with Crippen LogP contribution in [0.2, 0.25) is 5.02 Å². The third-order valence-electron chi connectivity index (χ3n) is 3.78. The van der Waals surface area contributed by atoms with Crippen LogP contribution in [0.25, 0.3) is 0 Å². The molecule has 1 heterocycles. The fourth-order valence-electron chi connectivity index (χ4n) is 2.62. The number of rotatable bonds is 6. The molecule has 2 rings (SSSR count). The zero-order valence-corrected chi connectivity index (χ0v) is 15.0. The van der Waals surface area contributed by atoms with Gasteiger partial charge in [-0.3, -0.25) is 19.7 Å². The topological polar surface area (TPSA) is 119 Å². The summed E-state index contributed by atoms with van der Waals surface area (Å²) < 4.78 is 4.92. The molecule has 0 radical (unpaired) electrons. The number of aromatic amines is 1. The van der Waals surface area contributed by atoms with Crippen molar-refractivity contribution in [3.05, 3.63) is 61.4 Å². The van der Waals surface area contributed by atoms with E-state index in [1.54, 1.807) is 13.8 Å². The highest BCUT2D eigenvalue weighted by atomic mass is 35.5. The van der Waals surface area contributed by atoms with Gasteiger partial charge in [-0.1, -0.05) is 11.6 Å². The molecule has 2 aromatic rings. The van der Waals surface area contributed by atoms with E-state index in [1.807, 2.05) is 0 Å². The largest absolute Gasteiger partial charge is 0.454 e. The maximum absolute atomic E-state index is 12.3. The van der Waals surface area contributed by atoms with E-state index < -0.39 is 29.0 Å². The van der Waals surface area contributed by atoms with Gasteiger partial charge in [0, 0.05) is 17.3 Å². The monoisotopic (exact) mass is 378 g/mol. The molecule has 0 spiro atoms. The van der Waals surface area contributed by atoms with Crippen molar-refractivity contribution in [3.63, 3.8) is 0 Å². The molecule has 26 heavy (non-hydrogen) atoms. The lowest BCUT2D eigenvalue weighted by atomic mass is 10.1. The molecule has 0 aliphatic heterocycles. The zero-order chi connectivity index (χ0) is 19.6. The Bertz CT molecular complexity index is 932. The van der Waals surface area contributed by atoms with Crippen molar-refractivity contribution in [2.45, 2.75) is 20.8 Å².